The number of para-hydroxylation sites is 1. The number of phenols is 1. The number of hydrogen-bond donors (Lipinski definition) is 2. The van der Waals surface area contributed by atoms with Crippen LogP contribution in [0.3, 0.4) is 0 Å². The summed E-state index contributed by atoms with van der Waals surface area (Å²) in [6.07, 6.45) is 0.782. The quantitative estimate of drug-likeness (QED) is 0.895. The minimum atomic E-state index is -0.892. The van der Waals surface area contributed by atoms with E-state index in [1.807, 2.05) is 11.9 Å². The summed E-state index contributed by atoms with van der Waals surface area (Å²) in [5.41, 5.74) is 1.18. The summed E-state index contributed by atoms with van der Waals surface area (Å²) < 4.78 is 26.8. The lowest BCUT2D eigenvalue weighted by molar-refractivity contribution is -0.121. The first-order chi connectivity index (χ1) is 12.0. The van der Waals surface area contributed by atoms with E-state index in [0.29, 0.717) is 17.5 Å². The average Bonchev–Trinajstić information content (AvgIpc) is 2.93. The fourth-order valence-corrected chi connectivity index (χ4v) is 3.37. The fraction of sp³-hybridized carbons (Fsp3) is 0.316. The van der Waals surface area contributed by atoms with Gasteiger partial charge in [0.05, 0.1) is 12.5 Å². The van der Waals surface area contributed by atoms with E-state index in [-0.39, 0.29) is 30.2 Å². The molecule has 0 radical (unpaired) electrons. The van der Waals surface area contributed by atoms with E-state index in [1.54, 1.807) is 24.3 Å². The van der Waals surface area contributed by atoms with Crippen molar-refractivity contribution in [2.24, 2.45) is 0 Å². The zero-order valence-corrected chi connectivity index (χ0v) is 13.9. The molecule has 0 unspecified atom stereocenters. The molecule has 2 aromatic rings. The minimum absolute atomic E-state index is 0.0669. The van der Waals surface area contributed by atoms with E-state index >= 15 is 0 Å². The van der Waals surface area contributed by atoms with Crippen LogP contribution in [0, 0.1) is 11.6 Å². The van der Waals surface area contributed by atoms with E-state index in [9.17, 15) is 18.7 Å². The van der Waals surface area contributed by atoms with Crippen LogP contribution in [0.4, 0.5) is 8.78 Å². The molecule has 2 atom stereocenters. The topological polar surface area (TPSA) is 52.6 Å². The summed E-state index contributed by atoms with van der Waals surface area (Å²) in [5.74, 6) is -1.91. The Labute approximate surface area is 145 Å². The number of likely N-dealkylation sites (N-methyl/N-ethyl adjacent to an activating group) is 1. The van der Waals surface area contributed by atoms with Gasteiger partial charge in [-0.05, 0) is 37.2 Å². The van der Waals surface area contributed by atoms with Gasteiger partial charge in [0.15, 0.2) is 11.6 Å². The molecule has 1 aliphatic rings. The molecule has 0 bridgehead atoms. The number of nitrogens with zero attached hydrogens (tertiary/aromatic N) is 1. The van der Waals surface area contributed by atoms with Gasteiger partial charge in [0.25, 0.3) is 0 Å². The third-order valence-electron chi connectivity index (χ3n) is 4.62. The van der Waals surface area contributed by atoms with Crippen molar-refractivity contribution in [1.82, 2.24) is 10.2 Å². The largest absolute Gasteiger partial charge is 0.508 e. The predicted molar refractivity (Wildman–Crippen MR) is 90.1 cm³/mol. The Morgan fingerprint density at radius 3 is 2.72 bits per heavy atom. The number of benzene rings is 2. The average molecular weight is 346 g/mol. The van der Waals surface area contributed by atoms with Gasteiger partial charge in [-0.1, -0.05) is 24.3 Å². The van der Waals surface area contributed by atoms with Gasteiger partial charge in [0, 0.05) is 18.2 Å². The molecular formula is C19H20F2N2O2. The van der Waals surface area contributed by atoms with E-state index in [0.717, 1.165) is 12.6 Å². The molecule has 1 saturated heterocycles. The van der Waals surface area contributed by atoms with Gasteiger partial charge in [0.1, 0.15) is 5.75 Å². The number of aromatic hydroxyl groups is 1. The standard InChI is InChI=1S/C19H20F2N2O2/c1-23-9-8-16(19(23)13-6-7-14(20)15(21)10-13)22-18(25)11-12-4-2-3-5-17(12)24/h2-7,10,16,19,24H,8-9,11H2,1H3,(H,22,25)/t16-,19-/m1/s1. The van der Waals surface area contributed by atoms with Crippen molar-refractivity contribution < 1.29 is 18.7 Å². The molecular weight excluding hydrogens is 326 g/mol. The first-order valence-corrected chi connectivity index (χ1v) is 8.17. The molecule has 4 nitrogen and oxygen atoms in total. The van der Waals surface area contributed by atoms with Gasteiger partial charge >= 0.3 is 0 Å². The summed E-state index contributed by atoms with van der Waals surface area (Å²) in [4.78, 5) is 14.4. The maximum Gasteiger partial charge on any atom is 0.224 e. The number of halogens is 2. The molecule has 1 amide bonds. The van der Waals surface area contributed by atoms with E-state index in [4.69, 9.17) is 0 Å². The molecule has 0 aliphatic carbocycles. The van der Waals surface area contributed by atoms with Crippen molar-refractivity contribution in [1.29, 1.82) is 0 Å². The van der Waals surface area contributed by atoms with Crippen LogP contribution in [-0.2, 0) is 11.2 Å². The van der Waals surface area contributed by atoms with Gasteiger partial charge in [-0.25, -0.2) is 8.78 Å². The summed E-state index contributed by atoms with van der Waals surface area (Å²) in [5, 5.41) is 12.7. The van der Waals surface area contributed by atoms with Crippen molar-refractivity contribution in [3.63, 3.8) is 0 Å². The number of carbonyl (C=O) groups excluding carboxylic acids is 1. The first kappa shape index (κ1) is 17.4. The Morgan fingerprint density at radius 2 is 2.00 bits per heavy atom. The second kappa shape index (κ2) is 7.19. The lowest BCUT2D eigenvalue weighted by Crippen LogP contribution is -2.39. The second-order valence-electron chi connectivity index (χ2n) is 6.37. The highest BCUT2D eigenvalue weighted by Crippen LogP contribution is 2.32. The van der Waals surface area contributed by atoms with E-state index in [2.05, 4.69) is 5.32 Å². The Morgan fingerprint density at radius 1 is 1.24 bits per heavy atom. The number of hydrogen-bond acceptors (Lipinski definition) is 3. The first-order valence-electron chi connectivity index (χ1n) is 8.17. The van der Waals surface area contributed by atoms with Gasteiger partial charge < -0.3 is 10.4 Å². The van der Waals surface area contributed by atoms with Crippen LogP contribution in [0.25, 0.3) is 0 Å². The highest BCUT2D eigenvalue weighted by molar-refractivity contribution is 5.79. The molecule has 6 heteroatoms. The molecule has 1 heterocycles. The highest BCUT2D eigenvalue weighted by atomic mass is 19.2. The lowest BCUT2D eigenvalue weighted by Gasteiger charge is -2.26. The lowest BCUT2D eigenvalue weighted by atomic mass is 9.99. The van der Waals surface area contributed by atoms with Gasteiger partial charge in [0.2, 0.25) is 5.91 Å². The molecule has 132 valence electrons. The maximum absolute atomic E-state index is 13.6. The Bertz CT molecular complexity index is 782. The predicted octanol–water partition coefficient (Wildman–Crippen LogP) is 2.77. The van der Waals surface area contributed by atoms with Crippen LogP contribution in [0.15, 0.2) is 42.5 Å². The van der Waals surface area contributed by atoms with Gasteiger partial charge in [-0.15, -0.1) is 0 Å². The minimum Gasteiger partial charge on any atom is -0.508 e. The Kier molecular flexibility index (Phi) is 4.99. The number of phenolic OH excluding ortho intramolecular Hbond substituents is 1. The SMILES string of the molecule is CN1CC[C@@H](NC(=O)Cc2ccccc2O)[C@H]1c1ccc(F)c(F)c1. The molecule has 25 heavy (non-hydrogen) atoms. The summed E-state index contributed by atoms with van der Waals surface area (Å²) in [6, 6.07) is 10.1. The maximum atomic E-state index is 13.6. The molecule has 2 aromatic carbocycles. The number of carbonyl (C=O) groups is 1. The fourth-order valence-electron chi connectivity index (χ4n) is 3.37. The third-order valence-corrected chi connectivity index (χ3v) is 4.62. The zero-order valence-electron chi connectivity index (χ0n) is 13.9. The monoisotopic (exact) mass is 346 g/mol. The molecule has 0 aromatic heterocycles. The number of amides is 1. The van der Waals surface area contributed by atoms with Crippen molar-refractivity contribution in [3.8, 4) is 5.75 Å². The normalized spacial score (nSPS) is 20.6. The summed E-state index contributed by atoms with van der Waals surface area (Å²) >= 11 is 0. The smallest absolute Gasteiger partial charge is 0.224 e. The summed E-state index contributed by atoms with van der Waals surface area (Å²) in [7, 11) is 1.89. The van der Waals surface area contributed by atoms with E-state index in [1.165, 1.54) is 12.1 Å². The summed E-state index contributed by atoms with van der Waals surface area (Å²) in [6.45, 7) is 0.741. The van der Waals surface area contributed by atoms with Crippen molar-refractivity contribution in [2.75, 3.05) is 13.6 Å². The van der Waals surface area contributed by atoms with Gasteiger partial charge in [-0.3, -0.25) is 9.69 Å². The zero-order chi connectivity index (χ0) is 18.0. The van der Waals surface area contributed by atoms with Crippen LogP contribution in [0.5, 0.6) is 5.75 Å². The number of rotatable bonds is 4. The third kappa shape index (κ3) is 3.79. The van der Waals surface area contributed by atoms with Crippen LogP contribution >= 0.6 is 0 Å². The number of nitrogens with one attached hydrogen (secondary N) is 1. The molecule has 0 spiro atoms. The molecule has 3 rings (SSSR count). The van der Waals surface area contributed by atoms with Crippen LogP contribution in [0.2, 0.25) is 0 Å². The number of likely N-dealkylation sites (tertiary alicyclic amines) is 1. The highest BCUT2D eigenvalue weighted by Gasteiger charge is 2.34. The van der Waals surface area contributed by atoms with Crippen LogP contribution in [0.1, 0.15) is 23.6 Å². The molecule has 2 N–H and O–H groups in total. The Balaban J connectivity index is 1.73. The van der Waals surface area contributed by atoms with E-state index < -0.39 is 11.6 Å². The Hall–Kier alpha value is -2.47. The molecule has 1 fully saturated rings. The second-order valence-corrected chi connectivity index (χ2v) is 6.37. The van der Waals surface area contributed by atoms with Crippen molar-refractivity contribution >= 4 is 5.91 Å². The van der Waals surface area contributed by atoms with Crippen LogP contribution in [-0.4, -0.2) is 35.5 Å². The molecule has 0 saturated carbocycles. The van der Waals surface area contributed by atoms with Crippen molar-refractivity contribution in [3.05, 3.63) is 65.2 Å². The van der Waals surface area contributed by atoms with Crippen molar-refractivity contribution in [2.45, 2.75) is 24.9 Å². The van der Waals surface area contributed by atoms with Gasteiger partial charge in [-0.2, -0.15) is 0 Å². The van der Waals surface area contributed by atoms with Crippen LogP contribution < -0.4 is 5.32 Å². The molecule has 1 aliphatic heterocycles.